The van der Waals surface area contributed by atoms with E-state index in [2.05, 4.69) is 59.0 Å². The molecule has 2 aromatic rings. The Morgan fingerprint density at radius 2 is 2.00 bits per heavy atom. The first kappa shape index (κ1) is 9.59. The molecule has 1 aromatic carbocycles. The summed E-state index contributed by atoms with van der Waals surface area (Å²) in [5, 5.41) is 1.27. The number of nitrogens with one attached hydrogen (secondary N) is 1. The molecule has 1 N–H and O–H groups in total. The lowest BCUT2D eigenvalue weighted by Crippen LogP contribution is -2.08. The van der Waals surface area contributed by atoms with Gasteiger partial charge in [0.15, 0.2) is 0 Å². The van der Waals surface area contributed by atoms with Crippen molar-refractivity contribution in [1.82, 2.24) is 4.98 Å². The minimum atomic E-state index is 1.15. The largest absolute Gasteiger partial charge is 0.376 e. The number of fused-ring (bicyclic) bond motifs is 1. The third-order valence-electron chi connectivity index (χ3n) is 2.44. The van der Waals surface area contributed by atoms with E-state index in [0.29, 0.717) is 0 Å². The molecule has 0 saturated heterocycles. The second kappa shape index (κ2) is 3.31. The molecule has 74 valence electrons. The second-order valence-corrected chi connectivity index (χ2v) is 4.54. The summed E-state index contributed by atoms with van der Waals surface area (Å²) in [4.78, 5) is 5.42. The maximum Gasteiger partial charge on any atom is 0.0705 e. The molecule has 0 fully saturated rings. The van der Waals surface area contributed by atoms with Crippen LogP contribution in [0.15, 0.2) is 22.8 Å². The van der Waals surface area contributed by atoms with Gasteiger partial charge in [-0.3, -0.25) is 0 Å². The van der Waals surface area contributed by atoms with Crippen LogP contribution in [0, 0.1) is 6.92 Å². The van der Waals surface area contributed by atoms with Gasteiger partial charge in [-0.25, -0.2) is 0 Å². The van der Waals surface area contributed by atoms with Crippen molar-refractivity contribution in [3.05, 3.63) is 28.4 Å². The van der Waals surface area contributed by atoms with Crippen LogP contribution in [0.2, 0.25) is 0 Å². The number of hydrogen-bond donors (Lipinski definition) is 1. The first-order valence-electron chi connectivity index (χ1n) is 4.55. The lowest BCUT2D eigenvalue weighted by molar-refractivity contribution is 1.14. The van der Waals surface area contributed by atoms with Crippen LogP contribution >= 0.6 is 15.9 Å². The highest BCUT2D eigenvalue weighted by Gasteiger charge is 2.09. The van der Waals surface area contributed by atoms with Crippen LogP contribution in [-0.2, 0) is 0 Å². The summed E-state index contributed by atoms with van der Waals surface area (Å²) in [5.41, 5.74) is 3.69. The standard InChI is InChI=1S/C11H13BrN2/c1-7-6-13-11-9(14(2)3)5-4-8(12)10(7)11/h4-6,13H,1-3H3. The summed E-state index contributed by atoms with van der Waals surface area (Å²) in [6.07, 6.45) is 2.04. The molecule has 0 aliphatic rings. The van der Waals surface area contributed by atoms with Gasteiger partial charge < -0.3 is 9.88 Å². The van der Waals surface area contributed by atoms with E-state index in [1.165, 1.54) is 22.2 Å². The van der Waals surface area contributed by atoms with Crippen molar-refractivity contribution in [2.75, 3.05) is 19.0 Å². The number of aromatic amines is 1. The number of anilines is 1. The molecule has 2 nitrogen and oxygen atoms in total. The van der Waals surface area contributed by atoms with E-state index in [0.717, 1.165) is 4.47 Å². The Bertz CT molecular complexity index is 471. The second-order valence-electron chi connectivity index (χ2n) is 3.68. The predicted molar refractivity (Wildman–Crippen MR) is 65.1 cm³/mol. The minimum Gasteiger partial charge on any atom is -0.376 e. The Hall–Kier alpha value is -0.960. The first-order valence-corrected chi connectivity index (χ1v) is 5.34. The van der Waals surface area contributed by atoms with Gasteiger partial charge in [-0.15, -0.1) is 0 Å². The van der Waals surface area contributed by atoms with Crippen molar-refractivity contribution in [2.45, 2.75) is 6.92 Å². The van der Waals surface area contributed by atoms with Crippen molar-refractivity contribution in [1.29, 1.82) is 0 Å². The highest BCUT2D eigenvalue weighted by molar-refractivity contribution is 9.10. The molecule has 0 atom stereocenters. The lowest BCUT2D eigenvalue weighted by atomic mass is 10.1. The Kier molecular flexibility index (Phi) is 2.27. The summed E-state index contributed by atoms with van der Waals surface area (Å²) in [6.45, 7) is 2.11. The first-order chi connectivity index (χ1) is 6.61. The van der Waals surface area contributed by atoms with Crippen LogP contribution in [0.25, 0.3) is 10.9 Å². The van der Waals surface area contributed by atoms with Crippen molar-refractivity contribution in [3.8, 4) is 0 Å². The molecule has 0 aliphatic heterocycles. The Morgan fingerprint density at radius 1 is 1.29 bits per heavy atom. The molecule has 0 amide bonds. The van der Waals surface area contributed by atoms with Crippen LogP contribution in [-0.4, -0.2) is 19.1 Å². The van der Waals surface area contributed by atoms with Crippen LogP contribution in [0.1, 0.15) is 5.56 Å². The molecular weight excluding hydrogens is 240 g/mol. The van der Waals surface area contributed by atoms with Crippen molar-refractivity contribution >= 4 is 32.5 Å². The molecule has 3 heteroatoms. The minimum absolute atomic E-state index is 1.15. The monoisotopic (exact) mass is 252 g/mol. The van der Waals surface area contributed by atoms with Gasteiger partial charge in [0.2, 0.25) is 0 Å². The number of nitrogens with zero attached hydrogens (tertiary/aromatic N) is 1. The van der Waals surface area contributed by atoms with E-state index in [4.69, 9.17) is 0 Å². The molecule has 0 saturated carbocycles. The van der Waals surface area contributed by atoms with Crippen LogP contribution in [0.3, 0.4) is 0 Å². The zero-order valence-electron chi connectivity index (χ0n) is 8.56. The number of benzene rings is 1. The summed E-state index contributed by atoms with van der Waals surface area (Å²) < 4.78 is 1.15. The molecule has 0 radical (unpaired) electrons. The third kappa shape index (κ3) is 1.32. The fraction of sp³-hybridized carbons (Fsp3) is 0.273. The van der Waals surface area contributed by atoms with E-state index in [1.807, 2.05) is 6.20 Å². The predicted octanol–water partition coefficient (Wildman–Crippen LogP) is 3.30. The Balaban J connectivity index is 2.83. The van der Waals surface area contributed by atoms with E-state index < -0.39 is 0 Å². The van der Waals surface area contributed by atoms with Crippen molar-refractivity contribution in [3.63, 3.8) is 0 Å². The number of aromatic nitrogens is 1. The molecule has 0 unspecified atom stereocenters. The van der Waals surface area contributed by atoms with Gasteiger partial charge in [-0.2, -0.15) is 0 Å². The quantitative estimate of drug-likeness (QED) is 0.826. The van der Waals surface area contributed by atoms with Crippen LogP contribution < -0.4 is 4.90 Å². The molecule has 0 bridgehead atoms. The van der Waals surface area contributed by atoms with Gasteiger partial charge in [0.25, 0.3) is 0 Å². The molecule has 1 heterocycles. The van der Waals surface area contributed by atoms with Crippen molar-refractivity contribution in [2.24, 2.45) is 0 Å². The van der Waals surface area contributed by atoms with E-state index in [1.54, 1.807) is 0 Å². The summed E-state index contributed by atoms with van der Waals surface area (Å²) >= 11 is 3.57. The Labute approximate surface area is 92.0 Å². The van der Waals surface area contributed by atoms with E-state index in [9.17, 15) is 0 Å². The number of halogens is 1. The summed E-state index contributed by atoms with van der Waals surface area (Å²) in [7, 11) is 4.11. The van der Waals surface area contributed by atoms with Gasteiger partial charge in [0, 0.05) is 30.2 Å². The van der Waals surface area contributed by atoms with Gasteiger partial charge >= 0.3 is 0 Å². The molecule has 0 spiro atoms. The zero-order chi connectivity index (χ0) is 10.3. The number of rotatable bonds is 1. The maximum atomic E-state index is 3.57. The van der Waals surface area contributed by atoms with Gasteiger partial charge in [-0.1, -0.05) is 15.9 Å². The van der Waals surface area contributed by atoms with E-state index >= 15 is 0 Å². The third-order valence-corrected chi connectivity index (χ3v) is 3.10. The van der Waals surface area contributed by atoms with Crippen LogP contribution in [0.4, 0.5) is 5.69 Å². The number of hydrogen-bond acceptors (Lipinski definition) is 1. The Morgan fingerprint density at radius 3 is 2.64 bits per heavy atom. The highest BCUT2D eigenvalue weighted by Crippen LogP contribution is 2.32. The van der Waals surface area contributed by atoms with Gasteiger partial charge in [0.1, 0.15) is 0 Å². The molecule has 14 heavy (non-hydrogen) atoms. The van der Waals surface area contributed by atoms with E-state index in [-0.39, 0.29) is 0 Å². The molecular formula is C11H13BrN2. The lowest BCUT2D eigenvalue weighted by Gasteiger charge is -2.14. The SMILES string of the molecule is Cc1c[nH]c2c(N(C)C)ccc(Br)c12. The van der Waals surface area contributed by atoms with Crippen molar-refractivity contribution < 1.29 is 0 Å². The van der Waals surface area contributed by atoms with Gasteiger partial charge in [-0.05, 0) is 24.6 Å². The number of aryl methyl sites for hydroxylation is 1. The average Bonchev–Trinajstić information content (AvgIpc) is 2.49. The summed E-state index contributed by atoms with van der Waals surface area (Å²) in [5.74, 6) is 0. The summed E-state index contributed by atoms with van der Waals surface area (Å²) in [6, 6.07) is 4.21. The molecule has 0 aliphatic carbocycles. The topological polar surface area (TPSA) is 19.0 Å². The fourth-order valence-electron chi connectivity index (χ4n) is 1.72. The normalized spacial score (nSPS) is 10.9. The maximum absolute atomic E-state index is 3.57. The number of H-pyrrole nitrogens is 1. The van der Waals surface area contributed by atoms with Crippen LogP contribution in [0.5, 0.6) is 0 Å². The molecule has 2 rings (SSSR count). The average molecular weight is 253 g/mol. The molecule has 1 aromatic heterocycles. The fourth-order valence-corrected chi connectivity index (χ4v) is 2.37. The smallest absolute Gasteiger partial charge is 0.0705 e. The zero-order valence-corrected chi connectivity index (χ0v) is 10.1. The highest BCUT2D eigenvalue weighted by atomic mass is 79.9. The van der Waals surface area contributed by atoms with Gasteiger partial charge in [0.05, 0.1) is 11.2 Å².